The highest BCUT2D eigenvalue weighted by atomic mass is 35.5. The molecule has 1 N–H and O–H groups in total. The third-order valence-corrected chi connectivity index (χ3v) is 1.37. The monoisotopic (exact) mass is 181 g/mol. The van der Waals surface area contributed by atoms with Crippen LogP contribution in [0.4, 0.5) is 5.95 Å². The zero-order valence-corrected chi connectivity index (χ0v) is 7.17. The zero-order chi connectivity index (χ0) is 8.81. The largest absolute Gasteiger partial charge is 0.353 e. The van der Waals surface area contributed by atoms with E-state index in [1.54, 1.807) is 0 Å². The fourth-order valence-electron chi connectivity index (χ4n) is 0.650. The van der Waals surface area contributed by atoms with Crippen LogP contribution in [0.15, 0.2) is 12.4 Å². The van der Waals surface area contributed by atoms with Gasteiger partial charge in [0.2, 0.25) is 5.95 Å². The number of anilines is 1. The maximum absolute atomic E-state index is 5.59. The van der Waals surface area contributed by atoms with Gasteiger partial charge in [0.15, 0.2) is 0 Å². The van der Waals surface area contributed by atoms with Gasteiger partial charge in [-0.05, 0) is 0 Å². The van der Waals surface area contributed by atoms with E-state index < -0.39 is 0 Å². The lowest BCUT2D eigenvalue weighted by Crippen LogP contribution is -2.03. The summed E-state index contributed by atoms with van der Waals surface area (Å²) in [5.41, 5.74) is 0. The SMILES string of the molecule is C#CCCNc1ncc(Cl)cn1. The molecule has 0 unspecified atom stereocenters. The van der Waals surface area contributed by atoms with E-state index in [9.17, 15) is 0 Å². The van der Waals surface area contributed by atoms with Gasteiger partial charge >= 0.3 is 0 Å². The van der Waals surface area contributed by atoms with Crippen LogP contribution >= 0.6 is 11.6 Å². The van der Waals surface area contributed by atoms with Crippen molar-refractivity contribution in [3.63, 3.8) is 0 Å². The molecule has 0 amide bonds. The van der Waals surface area contributed by atoms with Gasteiger partial charge < -0.3 is 5.32 Å². The molecule has 0 saturated heterocycles. The average Bonchev–Trinajstić information content (AvgIpc) is 2.09. The summed E-state index contributed by atoms with van der Waals surface area (Å²) in [6.45, 7) is 0.679. The Hall–Kier alpha value is -1.27. The van der Waals surface area contributed by atoms with Gasteiger partial charge in [-0.15, -0.1) is 12.3 Å². The zero-order valence-electron chi connectivity index (χ0n) is 6.42. The van der Waals surface area contributed by atoms with Crippen molar-refractivity contribution in [2.45, 2.75) is 6.42 Å². The second-order valence-electron chi connectivity index (χ2n) is 2.11. The summed E-state index contributed by atoms with van der Waals surface area (Å²) >= 11 is 5.59. The summed E-state index contributed by atoms with van der Waals surface area (Å²) in [4.78, 5) is 7.85. The van der Waals surface area contributed by atoms with Crippen molar-refractivity contribution < 1.29 is 0 Å². The molecule has 1 heterocycles. The molecule has 0 aliphatic carbocycles. The summed E-state index contributed by atoms with van der Waals surface area (Å²) in [6.07, 6.45) is 8.79. The fraction of sp³-hybridized carbons (Fsp3) is 0.250. The number of rotatable bonds is 3. The molecule has 0 saturated carbocycles. The number of nitrogens with one attached hydrogen (secondary N) is 1. The first-order valence-electron chi connectivity index (χ1n) is 3.48. The molecule has 0 spiro atoms. The molecule has 0 bridgehead atoms. The van der Waals surface area contributed by atoms with Gasteiger partial charge in [-0.3, -0.25) is 0 Å². The molecule has 1 aromatic heterocycles. The lowest BCUT2D eigenvalue weighted by molar-refractivity contribution is 1.03. The van der Waals surface area contributed by atoms with Crippen molar-refractivity contribution in [2.75, 3.05) is 11.9 Å². The smallest absolute Gasteiger partial charge is 0.222 e. The number of aromatic nitrogens is 2. The molecule has 0 aromatic carbocycles. The molecule has 3 nitrogen and oxygen atoms in total. The van der Waals surface area contributed by atoms with E-state index in [0.29, 0.717) is 23.9 Å². The van der Waals surface area contributed by atoms with Crippen LogP contribution < -0.4 is 5.32 Å². The Morgan fingerprint density at radius 2 is 2.17 bits per heavy atom. The quantitative estimate of drug-likeness (QED) is 0.568. The van der Waals surface area contributed by atoms with Crippen LogP contribution in [0.25, 0.3) is 0 Å². The van der Waals surface area contributed by atoms with E-state index in [4.69, 9.17) is 18.0 Å². The minimum atomic E-state index is 0.525. The first kappa shape index (κ1) is 8.82. The van der Waals surface area contributed by atoms with Crippen LogP contribution in [0.5, 0.6) is 0 Å². The van der Waals surface area contributed by atoms with Gasteiger partial charge in [-0.25, -0.2) is 9.97 Å². The molecular weight excluding hydrogens is 174 g/mol. The number of halogens is 1. The predicted molar refractivity (Wildman–Crippen MR) is 49.0 cm³/mol. The molecule has 0 fully saturated rings. The van der Waals surface area contributed by atoms with Gasteiger partial charge in [-0.2, -0.15) is 0 Å². The lowest BCUT2D eigenvalue weighted by Gasteiger charge is -2.00. The Labute approximate surface area is 76.2 Å². The molecule has 12 heavy (non-hydrogen) atoms. The summed E-state index contributed by atoms with van der Waals surface area (Å²) in [5, 5.41) is 3.47. The Kier molecular flexibility index (Phi) is 3.36. The summed E-state index contributed by atoms with van der Waals surface area (Å²) in [6, 6.07) is 0. The van der Waals surface area contributed by atoms with E-state index in [2.05, 4.69) is 21.2 Å². The second-order valence-corrected chi connectivity index (χ2v) is 2.54. The van der Waals surface area contributed by atoms with Crippen molar-refractivity contribution in [3.8, 4) is 12.3 Å². The van der Waals surface area contributed by atoms with Crippen LogP contribution in [-0.2, 0) is 0 Å². The highest BCUT2D eigenvalue weighted by Gasteiger charge is 1.92. The molecule has 0 aliphatic rings. The molecule has 0 aliphatic heterocycles. The molecular formula is C8H8ClN3. The molecule has 1 aromatic rings. The van der Waals surface area contributed by atoms with Crippen LogP contribution in [0, 0.1) is 12.3 Å². The minimum absolute atomic E-state index is 0.525. The molecule has 1 rings (SSSR count). The first-order valence-corrected chi connectivity index (χ1v) is 3.85. The van der Waals surface area contributed by atoms with Crippen molar-refractivity contribution >= 4 is 17.5 Å². The molecule has 0 radical (unpaired) electrons. The number of nitrogens with zero attached hydrogens (tertiary/aromatic N) is 2. The van der Waals surface area contributed by atoms with E-state index in [-0.39, 0.29) is 0 Å². The normalized spacial score (nSPS) is 9.00. The van der Waals surface area contributed by atoms with E-state index in [0.717, 1.165) is 0 Å². The van der Waals surface area contributed by atoms with Crippen molar-refractivity contribution in [1.29, 1.82) is 0 Å². The number of terminal acetylenes is 1. The number of hydrogen-bond acceptors (Lipinski definition) is 3. The summed E-state index contributed by atoms with van der Waals surface area (Å²) < 4.78 is 0. The topological polar surface area (TPSA) is 37.8 Å². The molecule has 0 atom stereocenters. The van der Waals surface area contributed by atoms with Crippen molar-refractivity contribution in [1.82, 2.24) is 9.97 Å². The third kappa shape index (κ3) is 2.77. The Balaban J connectivity index is 2.43. The average molecular weight is 182 g/mol. The second kappa shape index (κ2) is 4.58. The third-order valence-electron chi connectivity index (χ3n) is 1.17. The van der Waals surface area contributed by atoms with Crippen molar-refractivity contribution in [2.24, 2.45) is 0 Å². The predicted octanol–water partition coefficient (Wildman–Crippen LogP) is 1.57. The van der Waals surface area contributed by atoms with Crippen molar-refractivity contribution in [3.05, 3.63) is 17.4 Å². The summed E-state index contributed by atoms with van der Waals surface area (Å²) in [5.74, 6) is 3.06. The van der Waals surface area contributed by atoms with Gasteiger partial charge in [0.05, 0.1) is 17.4 Å². The van der Waals surface area contributed by atoms with E-state index in [1.807, 2.05) is 0 Å². The van der Waals surface area contributed by atoms with Crippen LogP contribution in [0.3, 0.4) is 0 Å². The van der Waals surface area contributed by atoms with Gasteiger partial charge in [0.1, 0.15) is 0 Å². The first-order chi connectivity index (χ1) is 5.83. The Morgan fingerprint density at radius 1 is 1.50 bits per heavy atom. The van der Waals surface area contributed by atoms with Crippen LogP contribution in [-0.4, -0.2) is 16.5 Å². The van der Waals surface area contributed by atoms with Gasteiger partial charge in [-0.1, -0.05) is 11.6 Å². The van der Waals surface area contributed by atoms with Crippen LogP contribution in [0.2, 0.25) is 5.02 Å². The van der Waals surface area contributed by atoms with Gasteiger partial charge in [0.25, 0.3) is 0 Å². The minimum Gasteiger partial charge on any atom is -0.353 e. The molecule has 62 valence electrons. The maximum Gasteiger partial charge on any atom is 0.222 e. The molecule has 4 heteroatoms. The Bertz CT molecular complexity index is 275. The maximum atomic E-state index is 5.59. The highest BCUT2D eigenvalue weighted by Crippen LogP contribution is 2.04. The fourth-order valence-corrected chi connectivity index (χ4v) is 0.748. The van der Waals surface area contributed by atoms with Crippen LogP contribution in [0.1, 0.15) is 6.42 Å². The van der Waals surface area contributed by atoms with E-state index in [1.165, 1.54) is 12.4 Å². The standard InChI is InChI=1S/C8H8ClN3/c1-2-3-4-10-8-11-5-7(9)6-12-8/h1,5-6H,3-4H2,(H,10,11,12). The lowest BCUT2D eigenvalue weighted by atomic mass is 10.4. The van der Waals surface area contributed by atoms with Gasteiger partial charge in [0, 0.05) is 13.0 Å². The Morgan fingerprint density at radius 3 is 2.75 bits per heavy atom. The summed E-state index contributed by atoms with van der Waals surface area (Å²) in [7, 11) is 0. The van der Waals surface area contributed by atoms with E-state index >= 15 is 0 Å². The highest BCUT2D eigenvalue weighted by molar-refractivity contribution is 6.30. The number of hydrogen-bond donors (Lipinski definition) is 1.